The van der Waals surface area contributed by atoms with Crippen LogP contribution in [0.5, 0.6) is 0 Å². The second-order valence-corrected chi connectivity index (χ2v) is 10.7. The summed E-state index contributed by atoms with van der Waals surface area (Å²) in [4.78, 5) is 28.5. The molecular weight excluding hydrogens is 459 g/mol. The van der Waals surface area contributed by atoms with Crippen molar-refractivity contribution in [2.24, 2.45) is 0 Å². The van der Waals surface area contributed by atoms with Crippen molar-refractivity contribution < 1.29 is 22.4 Å². The van der Waals surface area contributed by atoms with Crippen LogP contribution in [0.4, 0.5) is 10.1 Å². The van der Waals surface area contributed by atoms with Crippen LogP contribution in [0.2, 0.25) is 0 Å². The van der Waals surface area contributed by atoms with E-state index in [2.05, 4.69) is 15.1 Å². The number of rotatable bonds is 8. The highest BCUT2D eigenvalue weighted by molar-refractivity contribution is 7.89. The third kappa shape index (κ3) is 5.99. The lowest BCUT2D eigenvalue weighted by Crippen LogP contribution is -2.45. The van der Waals surface area contributed by atoms with Crippen LogP contribution in [-0.2, 0) is 14.8 Å². The fourth-order valence-corrected chi connectivity index (χ4v) is 5.03. The zero-order valence-electron chi connectivity index (χ0n) is 19.9. The monoisotopic (exact) mass is 490 g/mol. The van der Waals surface area contributed by atoms with Gasteiger partial charge >= 0.3 is 0 Å². The van der Waals surface area contributed by atoms with E-state index < -0.39 is 34.3 Å². The molecule has 1 aliphatic heterocycles. The highest BCUT2D eigenvalue weighted by atomic mass is 32.2. The predicted octanol–water partition coefficient (Wildman–Crippen LogP) is 2.28. The Labute approximate surface area is 200 Å². The maximum Gasteiger partial charge on any atom is 0.243 e. The maximum absolute atomic E-state index is 14.1. The van der Waals surface area contributed by atoms with E-state index in [0.29, 0.717) is 11.1 Å². The molecule has 1 aliphatic rings. The molecule has 1 saturated heterocycles. The Bertz CT molecular complexity index is 1150. The van der Waals surface area contributed by atoms with E-state index in [9.17, 15) is 22.4 Å². The molecule has 3 rings (SSSR count). The minimum Gasteiger partial charge on any atom is -0.369 e. The third-order valence-corrected chi connectivity index (χ3v) is 7.83. The number of piperazine rings is 1. The van der Waals surface area contributed by atoms with Crippen molar-refractivity contribution >= 4 is 27.4 Å². The summed E-state index contributed by atoms with van der Waals surface area (Å²) in [6, 6.07) is 9.59. The largest absolute Gasteiger partial charge is 0.369 e. The number of benzene rings is 2. The van der Waals surface area contributed by atoms with Crippen LogP contribution in [0.3, 0.4) is 0 Å². The molecule has 10 heteroatoms. The number of anilines is 1. The number of nitrogens with zero attached hydrogens (tertiary/aromatic N) is 3. The molecule has 0 radical (unpaired) electrons. The number of halogens is 1. The predicted molar refractivity (Wildman–Crippen MR) is 129 cm³/mol. The van der Waals surface area contributed by atoms with Crippen molar-refractivity contribution in [1.82, 2.24) is 14.5 Å². The molecule has 0 aromatic heterocycles. The van der Waals surface area contributed by atoms with Gasteiger partial charge in [0.05, 0.1) is 17.5 Å². The maximum atomic E-state index is 14.1. The SMILES string of the molecule is CC(=O)c1ccc(S(=O)(=O)N(C)CC(=O)NC(C)c2cc(F)ccc2N2CCN(C)CC2)cc1. The molecule has 8 nitrogen and oxygen atoms in total. The Balaban J connectivity index is 1.70. The van der Waals surface area contributed by atoms with Crippen LogP contribution in [0, 0.1) is 5.82 Å². The molecule has 2 aromatic carbocycles. The number of carbonyl (C=O) groups excluding carboxylic acids is 2. The molecule has 0 aliphatic carbocycles. The Hall–Kier alpha value is -2.82. The van der Waals surface area contributed by atoms with Crippen molar-refractivity contribution in [3.05, 3.63) is 59.4 Å². The number of sulfonamides is 1. The molecule has 1 unspecified atom stereocenters. The van der Waals surface area contributed by atoms with Gasteiger partial charge in [-0.25, -0.2) is 12.8 Å². The van der Waals surface area contributed by atoms with Gasteiger partial charge in [0, 0.05) is 50.0 Å². The van der Waals surface area contributed by atoms with Gasteiger partial charge in [0.1, 0.15) is 5.82 Å². The van der Waals surface area contributed by atoms with Crippen molar-refractivity contribution in [2.45, 2.75) is 24.8 Å². The summed E-state index contributed by atoms with van der Waals surface area (Å²) in [5, 5.41) is 2.80. The molecule has 0 saturated carbocycles. The topological polar surface area (TPSA) is 90.0 Å². The number of Topliss-reactive ketones (excluding diaryl/α,β-unsaturated/α-hetero) is 1. The third-order valence-electron chi connectivity index (χ3n) is 6.01. The lowest BCUT2D eigenvalue weighted by Gasteiger charge is -2.36. The average molecular weight is 491 g/mol. The number of likely N-dealkylation sites (N-methyl/N-ethyl adjacent to an activating group) is 2. The van der Waals surface area contributed by atoms with Gasteiger partial charge in [-0.05, 0) is 51.2 Å². The summed E-state index contributed by atoms with van der Waals surface area (Å²) in [5.74, 6) is -1.07. The second-order valence-electron chi connectivity index (χ2n) is 8.62. The highest BCUT2D eigenvalue weighted by Crippen LogP contribution is 2.28. The van der Waals surface area contributed by atoms with E-state index in [1.54, 1.807) is 13.0 Å². The summed E-state index contributed by atoms with van der Waals surface area (Å²) >= 11 is 0. The normalized spacial score (nSPS) is 15.9. The average Bonchev–Trinajstić information content (AvgIpc) is 2.79. The van der Waals surface area contributed by atoms with E-state index in [0.717, 1.165) is 36.2 Å². The zero-order valence-corrected chi connectivity index (χ0v) is 20.7. The number of hydrogen-bond acceptors (Lipinski definition) is 6. The van der Waals surface area contributed by atoms with E-state index in [1.165, 1.54) is 50.4 Å². The first-order valence-electron chi connectivity index (χ1n) is 11.1. The van der Waals surface area contributed by atoms with Gasteiger partial charge in [0.15, 0.2) is 5.78 Å². The van der Waals surface area contributed by atoms with Gasteiger partial charge in [-0.1, -0.05) is 12.1 Å². The van der Waals surface area contributed by atoms with Crippen molar-refractivity contribution in [2.75, 3.05) is 51.7 Å². The minimum atomic E-state index is -3.93. The van der Waals surface area contributed by atoms with E-state index in [-0.39, 0.29) is 10.7 Å². The first kappa shape index (κ1) is 25.8. The smallest absolute Gasteiger partial charge is 0.243 e. The standard InChI is InChI=1S/C24H31FN4O4S/c1-17(22-15-20(25)7-10-23(22)29-13-11-27(3)12-14-29)26-24(31)16-28(4)34(32,33)21-8-5-19(6-9-21)18(2)30/h5-10,15,17H,11-14,16H2,1-4H3,(H,26,31). The summed E-state index contributed by atoms with van der Waals surface area (Å²) in [6.07, 6.45) is 0. The summed E-state index contributed by atoms with van der Waals surface area (Å²) in [7, 11) is -0.560. The molecule has 34 heavy (non-hydrogen) atoms. The van der Waals surface area contributed by atoms with Crippen molar-refractivity contribution in [3.8, 4) is 0 Å². The first-order valence-corrected chi connectivity index (χ1v) is 12.5. The number of carbonyl (C=O) groups is 2. The van der Waals surface area contributed by atoms with Crippen LogP contribution in [0.1, 0.15) is 35.8 Å². The molecular formula is C24H31FN4O4S. The lowest BCUT2D eigenvalue weighted by molar-refractivity contribution is -0.121. The van der Waals surface area contributed by atoms with Gasteiger partial charge in [-0.2, -0.15) is 4.31 Å². The molecule has 2 aromatic rings. The van der Waals surface area contributed by atoms with Crippen molar-refractivity contribution in [3.63, 3.8) is 0 Å². The van der Waals surface area contributed by atoms with Crippen LogP contribution in [0.25, 0.3) is 0 Å². The first-order chi connectivity index (χ1) is 16.0. The quantitative estimate of drug-likeness (QED) is 0.571. The van der Waals surface area contributed by atoms with Gasteiger partial charge in [-0.3, -0.25) is 9.59 Å². The van der Waals surface area contributed by atoms with E-state index in [4.69, 9.17) is 0 Å². The highest BCUT2D eigenvalue weighted by Gasteiger charge is 2.25. The molecule has 0 bridgehead atoms. The van der Waals surface area contributed by atoms with E-state index in [1.807, 2.05) is 7.05 Å². The summed E-state index contributed by atoms with van der Waals surface area (Å²) < 4.78 is 40.7. The Morgan fingerprint density at radius 1 is 1.09 bits per heavy atom. The van der Waals surface area contributed by atoms with Gasteiger partial charge < -0.3 is 15.1 Å². The summed E-state index contributed by atoms with van der Waals surface area (Å²) in [6.45, 7) is 6.09. The van der Waals surface area contributed by atoms with Crippen molar-refractivity contribution in [1.29, 1.82) is 0 Å². The molecule has 1 heterocycles. The minimum absolute atomic E-state index is 0.0108. The Kier molecular flexibility index (Phi) is 8.06. The molecule has 1 N–H and O–H groups in total. The van der Waals surface area contributed by atoms with Crippen LogP contribution in [-0.4, -0.2) is 76.1 Å². The zero-order chi connectivity index (χ0) is 25.0. The number of ketones is 1. The fraction of sp³-hybridized carbons (Fsp3) is 0.417. The van der Waals surface area contributed by atoms with Gasteiger partial charge in [-0.15, -0.1) is 0 Å². The number of hydrogen-bond donors (Lipinski definition) is 1. The van der Waals surface area contributed by atoms with Crippen LogP contribution in [0.15, 0.2) is 47.4 Å². The lowest BCUT2D eigenvalue weighted by atomic mass is 10.0. The fourth-order valence-electron chi connectivity index (χ4n) is 3.90. The Morgan fingerprint density at radius 3 is 2.29 bits per heavy atom. The van der Waals surface area contributed by atoms with Gasteiger partial charge in [0.2, 0.25) is 15.9 Å². The molecule has 0 spiro atoms. The van der Waals surface area contributed by atoms with Gasteiger partial charge in [0.25, 0.3) is 0 Å². The number of amides is 1. The van der Waals surface area contributed by atoms with Crippen LogP contribution >= 0.6 is 0 Å². The molecule has 184 valence electrons. The Morgan fingerprint density at radius 2 is 1.71 bits per heavy atom. The van der Waals surface area contributed by atoms with E-state index >= 15 is 0 Å². The number of nitrogens with one attached hydrogen (secondary N) is 1. The molecule has 1 amide bonds. The summed E-state index contributed by atoms with van der Waals surface area (Å²) in [5.41, 5.74) is 1.90. The molecule has 1 fully saturated rings. The van der Waals surface area contributed by atoms with Crippen LogP contribution < -0.4 is 10.2 Å². The molecule has 1 atom stereocenters. The second kappa shape index (κ2) is 10.6.